The van der Waals surface area contributed by atoms with Crippen LogP contribution in [0.3, 0.4) is 0 Å². The zero-order valence-corrected chi connectivity index (χ0v) is 35.7. The van der Waals surface area contributed by atoms with E-state index in [9.17, 15) is 5.26 Å². The number of hydrogen-bond donors (Lipinski definition) is 0. The molecule has 12 rings (SSSR count). The number of fused-ring (bicyclic) bond motifs is 6. The average molecular weight is 839 g/mol. The Balaban J connectivity index is 0.938. The van der Waals surface area contributed by atoms with Crippen LogP contribution in [0.2, 0.25) is 0 Å². The number of hydrogen-bond acceptors (Lipinski definition) is 4. The van der Waals surface area contributed by atoms with Crippen LogP contribution in [0.1, 0.15) is 5.56 Å². The summed E-state index contributed by atoms with van der Waals surface area (Å²) in [6.07, 6.45) is 0. The highest BCUT2D eigenvalue weighted by Crippen LogP contribution is 2.41. The highest BCUT2D eigenvalue weighted by atomic mass is 15.0. The van der Waals surface area contributed by atoms with Crippen LogP contribution < -0.4 is 0 Å². The normalized spacial score (nSPS) is 11.3. The van der Waals surface area contributed by atoms with Crippen LogP contribution in [-0.4, -0.2) is 15.0 Å². The predicted octanol–water partition coefficient (Wildman–Crippen LogP) is 16.0. The molecule has 1 heterocycles. The second kappa shape index (κ2) is 16.3. The summed E-state index contributed by atoms with van der Waals surface area (Å²) < 4.78 is 0. The third-order valence-electron chi connectivity index (χ3n) is 12.7. The van der Waals surface area contributed by atoms with Gasteiger partial charge in [-0.3, -0.25) is 0 Å². The van der Waals surface area contributed by atoms with Gasteiger partial charge < -0.3 is 0 Å². The Hall–Kier alpha value is -9.04. The van der Waals surface area contributed by atoms with Crippen LogP contribution in [0.4, 0.5) is 0 Å². The average Bonchev–Trinajstić information content (AvgIpc) is 3.40. The van der Waals surface area contributed by atoms with Crippen LogP contribution in [0, 0.1) is 11.3 Å². The van der Waals surface area contributed by atoms with E-state index in [1.807, 2.05) is 48.5 Å². The summed E-state index contributed by atoms with van der Waals surface area (Å²) in [7, 11) is 0. The maximum absolute atomic E-state index is 10.3. The lowest BCUT2D eigenvalue weighted by atomic mass is 9.91. The Bertz CT molecular complexity index is 3890. The first-order valence-corrected chi connectivity index (χ1v) is 22.1. The number of nitriles is 1. The third kappa shape index (κ3) is 6.93. The molecule has 0 saturated heterocycles. The molecule has 1 aromatic heterocycles. The van der Waals surface area contributed by atoms with Crippen molar-refractivity contribution in [1.29, 1.82) is 5.26 Å². The minimum absolute atomic E-state index is 0.577. The van der Waals surface area contributed by atoms with Gasteiger partial charge in [-0.2, -0.15) is 5.26 Å². The van der Waals surface area contributed by atoms with Crippen molar-refractivity contribution in [2.75, 3.05) is 0 Å². The molecule has 12 aromatic rings. The lowest BCUT2D eigenvalue weighted by Gasteiger charge is -2.15. The van der Waals surface area contributed by atoms with Crippen molar-refractivity contribution in [2.24, 2.45) is 0 Å². The van der Waals surface area contributed by atoms with Crippen molar-refractivity contribution >= 4 is 43.1 Å². The zero-order valence-electron chi connectivity index (χ0n) is 35.7. The van der Waals surface area contributed by atoms with E-state index in [0.717, 1.165) is 55.6 Å². The van der Waals surface area contributed by atoms with Gasteiger partial charge in [-0.1, -0.05) is 194 Å². The molecule has 11 aromatic carbocycles. The fourth-order valence-electron chi connectivity index (χ4n) is 9.53. The van der Waals surface area contributed by atoms with E-state index in [4.69, 9.17) is 15.0 Å². The third-order valence-corrected chi connectivity index (χ3v) is 12.7. The molecular weight excluding hydrogens is 801 g/mol. The first-order valence-electron chi connectivity index (χ1n) is 22.1. The Morgan fingerprint density at radius 1 is 0.258 bits per heavy atom. The molecule has 0 bridgehead atoms. The van der Waals surface area contributed by atoms with Gasteiger partial charge in [-0.15, -0.1) is 0 Å². The van der Waals surface area contributed by atoms with Crippen molar-refractivity contribution in [3.05, 3.63) is 236 Å². The maximum atomic E-state index is 10.3. The van der Waals surface area contributed by atoms with Crippen molar-refractivity contribution in [3.63, 3.8) is 0 Å². The molecule has 0 spiro atoms. The number of rotatable bonds is 7. The minimum atomic E-state index is 0.577. The molecular formula is C62H38N4. The summed E-state index contributed by atoms with van der Waals surface area (Å²) >= 11 is 0. The summed E-state index contributed by atoms with van der Waals surface area (Å²) in [5, 5.41) is 20.0. The maximum Gasteiger partial charge on any atom is 0.164 e. The Morgan fingerprint density at radius 3 is 1.35 bits per heavy atom. The van der Waals surface area contributed by atoms with Gasteiger partial charge in [0.15, 0.2) is 17.5 Å². The predicted molar refractivity (Wildman–Crippen MR) is 273 cm³/mol. The summed E-state index contributed by atoms with van der Waals surface area (Å²) in [5.74, 6) is 1.78. The first-order chi connectivity index (χ1) is 32.6. The lowest BCUT2D eigenvalue weighted by molar-refractivity contribution is 1.07. The van der Waals surface area contributed by atoms with Gasteiger partial charge in [0.1, 0.15) is 0 Å². The standard InChI is InChI=1S/C62H38N4/c63-39-40-33-48(36-49(34-40)44-19-14-20-45(35-44)58-37-46-17-4-6-21-50(46)52-23-8-10-25-54(52)58)41-29-31-43(32-30-41)61-64-60(42-15-2-1-3-16-42)65-62(66-61)57-28-13-12-27-56(57)59-38-47-18-5-7-22-51(47)53-24-9-11-26-55(53)59/h1-38H. The Kier molecular flexibility index (Phi) is 9.51. The molecule has 306 valence electrons. The molecule has 0 N–H and O–H groups in total. The number of benzene rings is 11. The van der Waals surface area contributed by atoms with E-state index >= 15 is 0 Å². The van der Waals surface area contributed by atoms with Crippen LogP contribution in [0.15, 0.2) is 231 Å². The molecule has 0 aliphatic heterocycles. The monoisotopic (exact) mass is 838 g/mol. The molecule has 0 radical (unpaired) electrons. The highest BCUT2D eigenvalue weighted by molar-refractivity contribution is 6.15. The van der Waals surface area contributed by atoms with Crippen LogP contribution in [0.25, 0.3) is 122 Å². The molecule has 66 heavy (non-hydrogen) atoms. The second-order valence-electron chi connectivity index (χ2n) is 16.7. The molecule has 4 nitrogen and oxygen atoms in total. The molecule has 4 heteroatoms. The van der Waals surface area contributed by atoms with Gasteiger partial charge in [0, 0.05) is 16.7 Å². The highest BCUT2D eigenvalue weighted by Gasteiger charge is 2.18. The summed E-state index contributed by atoms with van der Waals surface area (Å²) in [5.41, 5.74) is 11.7. The smallest absolute Gasteiger partial charge is 0.164 e. The first kappa shape index (κ1) is 38.6. The van der Waals surface area contributed by atoms with Gasteiger partial charge in [-0.25, -0.2) is 15.0 Å². The van der Waals surface area contributed by atoms with E-state index in [0.29, 0.717) is 23.0 Å². The summed E-state index contributed by atoms with van der Waals surface area (Å²) in [6, 6.07) is 82.9. The molecule has 0 aliphatic carbocycles. The van der Waals surface area contributed by atoms with Crippen molar-refractivity contribution in [1.82, 2.24) is 15.0 Å². The van der Waals surface area contributed by atoms with E-state index in [-0.39, 0.29) is 0 Å². The molecule has 0 atom stereocenters. The second-order valence-corrected chi connectivity index (χ2v) is 16.7. The Labute approximate surface area is 382 Å². The number of aromatic nitrogens is 3. The van der Waals surface area contributed by atoms with Crippen LogP contribution >= 0.6 is 0 Å². The quantitative estimate of drug-likeness (QED) is 0.150. The van der Waals surface area contributed by atoms with E-state index in [1.54, 1.807) is 0 Å². The fraction of sp³-hybridized carbons (Fsp3) is 0. The van der Waals surface area contributed by atoms with Gasteiger partial charge in [0.2, 0.25) is 0 Å². The van der Waals surface area contributed by atoms with Crippen molar-refractivity contribution in [3.8, 4) is 84.7 Å². The van der Waals surface area contributed by atoms with E-state index in [2.05, 4.69) is 188 Å². The molecule has 0 amide bonds. The van der Waals surface area contributed by atoms with Gasteiger partial charge in [0.25, 0.3) is 0 Å². The Morgan fingerprint density at radius 2 is 0.697 bits per heavy atom. The summed E-state index contributed by atoms with van der Waals surface area (Å²) in [4.78, 5) is 15.4. The molecule has 0 saturated carbocycles. The SMILES string of the molecule is N#Cc1cc(-c2ccc(-c3nc(-c4ccccc4)nc(-c4ccccc4-c4cc5ccccc5c5ccccc45)n3)cc2)cc(-c2cccc(-c3cc4ccccc4c4ccccc34)c2)c1. The molecule has 0 fully saturated rings. The van der Waals surface area contributed by atoms with Crippen molar-refractivity contribution < 1.29 is 0 Å². The molecule has 0 unspecified atom stereocenters. The lowest BCUT2D eigenvalue weighted by Crippen LogP contribution is -2.01. The largest absolute Gasteiger partial charge is 0.208 e. The van der Waals surface area contributed by atoms with Crippen LogP contribution in [-0.2, 0) is 0 Å². The van der Waals surface area contributed by atoms with E-state index < -0.39 is 0 Å². The summed E-state index contributed by atoms with van der Waals surface area (Å²) in [6.45, 7) is 0. The van der Waals surface area contributed by atoms with Gasteiger partial charge >= 0.3 is 0 Å². The zero-order chi connectivity index (χ0) is 44.0. The molecule has 0 aliphatic rings. The van der Waals surface area contributed by atoms with E-state index in [1.165, 1.54) is 48.7 Å². The minimum Gasteiger partial charge on any atom is -0.208 e. The van der Waals surface area contributed by atoms with Crippen LogP contribution in [0.5, 0.6) is 0 Å². The fourth-order valence-corrected chi connectivity index (χ4v) is 9.53. The number of nitrogens with zero attached hydrogens (tertiary/aromatic N) is 4. The van der Waals surface area contributed by atoms with Crippen molar-refractivity contribution in [2.45, 2.75) is 0 Å². The topological polar surface area (TPSA) is 62.5 Å². The van der Waals surface area contributed by atoms with Gasteiger partial charge in [0.05, 0.1) is 11.6 Å². The van der Waals surface area contributed by atoms with Gasteiger partial charge in [-0.05, 0) is 124 Å².